The zero-order valence-corrected chi connectivity index (χ0v) is 14.5. The molecule has 2 rings (SSSR count). The first kappa shape index (κ1) is 17.8. The normalized spacial score (nSPS) is 11.8. The zero-order valence-electron chi connectivity index (χ0n) is 13.8. The van der Waals surface area contributed by atoms with Gasteiger partial charge in [-0.3, -0.25) is 4.79 Å². The number of rotatable bonds is 8. The summed E-state index contributed by atoms with van der Waals surface area (Å²) in [6.07, 6.45) is 4.77. The number of aliphatic hydroxyl groups excluding tert-OH is 1. The number of carbonyl (C=O) groups excluding carboxylic acids is 1. The van der Waals surface area contributed by atoms with Gasteiger partial charge in [0.2, 0.25) is 5.91 Å². The third-order valence-corrected chi connectivity index (χ3v) is 5.12. The van der Waals surface area contributed by atoms with Crippen molar-refractivity contribution in [1.82, 2.24) is 10.3 Å². The lowest BCUT2D eigenvalue weighted by atomic mass is 9.79. The summed E-state index contributed by atoms with van der Waals surface area (Å²) in [7, 11) is 0. The molecule has 3 N–H and O–H groups in total. The van der Waals surface area contributed by atoms with Crippen molar-refractivity contribution < 1.29 is 9.90 Å². The van der Waals surface area contributed by atoms with Crippen LogP contribution in [-0.4, -0.2) is 29.1 Å². The summed E-state index contributed by atoms with van der Waals surface area (Å²) < 4.78 is 0. The predicted molar refractivity (Wildman–Crippen MR) is 94.7 cm³/mol. The van der Waals surface area contributed by atoms with Gasteiger partial charge in [0.15, 0.2) is 0 Å². The lowest BCUT2D eigenvalue weighted by Crippen LogP contribution is -2.38. The van der Waals surface area contributed by atoms with Crippen molar-refractivity contribution in [1.29, 1.82) is 0 Å². The maximum Gasteiger partial charge on any atom is 0.224 e. The molecule has 0 aliphatic carbocycles. The summed E-state index contributed by atoms with van der Waals surface area (Å²) >= 11 is 6.04. The largest absolute Gasteiger partial charge is 0.396 e. The Morgan fingerprint density at radius 3 is 2.74 bits per heavy atom. The fraction of sp³-hybridized carbons (Fsp3) is 0.500. The van der Waals surface area contributed by atoms with Crippen LogP contribution in [0.25, 0.3) is 10.9 Å². The van der Waals surface area contributed by atoms with Crippen LogP contribution in [0.1, 0.15) is 38.7 Å². The molecule has 1 heterocycles. The number of fused-ring (bicyclic) bond motifs is 1. The second-order valence-corrected chi connectivity index (χ2v) is 6.57. The number of hydrogen-bond donors (Lipinski definition) is 3. The van der Waals surface area contributed by atoms with E-state index in [4.69, 9.17) is 11.6 Å². The van der Waals surface area contributed by atoms with E-state index in [0.717, 1.165) is 29.3 Å². The van der Waals surface area contributed by atoms with Crippen LogP contribution in [0, 0.1) is 5.41 Å². The van der Waals surface area contributed by atoms with Crippen molar-refractivity contribution in [3.8, 4) is 0 Å². The summed E-state index contributed by atoms with van der Waals surface area (Å²) in [5.41, 5.74) is 1.91. The van der Waals surface area contributed by atoms with E-state index in [9.17, 15) is 9.90 Å². The second-order valence-electron chi connectivity index (χ2n) is 6.14. The van der Waals surface area contributed by atoms with Gasteiger partial charge >= 0.3 is 0 Å². The van der Waals surface area contributed by atoms with Gasteiger partial charge in [0.05, 0.1) is 6.42 Å². The molecule has 0 unspecified atom stereocenters. The Labute approximate surface area is 142 Å². The maximum absolute atomic E-state index is 12.3. The molecule has 0 atom stereocenters. The molecule has 0 aliphatic rings. The molecule has 0 saturated carbocycles. The molecule has 126 valence electrons. The number of aromatic nitrogens is 1. The summed E-state index contributed by atoms with van der Waals surface area (Å²) in [5, 5.41) is 13.9. The highest BCUT2D eigenvalue weighted by atomic mass is 35.5. The van der Waals surface area contributed by atoms with Crippen LogP contribution in [0.3, 0.4) is 0 Å². The maximum atomic E-state index is 12.3. The molecule has 0 aliphatic heterocycles. The van der Waals surface area contributed by atoms with E-state index < -0.39 is 0 Å². The van der Waals surface area contributed by atoms with Crippen LogP contribution in [0.5, 0.6) is 0 Å². The molecule has 1 amide bonds. The molecular weight excluding hydrogens is 312 g/mol. The number of aromatic amines is 1. The fourth-order valence-electron chi connectivity index (χ4n) is 3.00. The molecule has 1 aromatic carbocycles. The Morgan fingerprint density at radius 2 is 2.09 bits per heavy atom. The first-order valence-corrected chi connectivity index (χ1v) is 8.54. The van der Waals surface area contributed by atoms with Crippen LogP contribution in [0.15, 0.2) is 24.4 Å². The van der Waals surface area contributed by atoms with Crippen molar-refractivity contribution >= 4 is 28.4 Å². The van der Waals surface area contributed by atoms with Crippen molar-refractivity contribution in [2.75, 3.05) is 13.2 Å². The van der Waals surface area contributed by atoms with E-state index in [2.05, 4.69) is 24.1 Å². The Hall–Kier alpha value is -1.52. The van der Waals surface area contributed by atoms with Gasteiger partial charge in [-0.05, 0) is 48.4 Å². The SMILES string of the molecule is CCC(CC)(CCO)CNC(=O)Cc1c[nH]c2ccc(Cl)cc12. The van der Waals surface area contributed by atoms with Gasteiger partial charge in [-0.15, -0.1) is 0 Å². The van der Waals surface area contributed by atoms with E-state index in [0.29, 0.717) is 24.4 Å². The highest BCUT2D eigenvalue weighted by Gasteiger charge is 2.26. The molecule has 2 aromatic rings. The molecule has 0 spiro atoms. The average Bonchev–Trinajstić information content (AvgIpc) is 2.94. The Kier molecular flexibility index (Phi) is 6.08. The van der Waals surface area contributed by atoms with E-state index in [1.54, 1.807) is 0 Å². The van der Waals surface area contributed by atoms with Crippen molar-refractivity contribution in [2.24, 2.45) is 5.41 Å². The van der Waals surface area contributed by atoms with Crippen LogP contribution in [0.2, 0.25) is 5.02 Å². The number of halogens is 1. The summed E-state index contributed by atoms with van der Waals surface area (Å²) in [6, 6.07) is 5.62. The monoisotopic (exact) mass is 336 g/mol. The third-order valence-electron chi connectivity index (χ3n) is 4.88. The van der Waals surface area contributed by atoms with Crippen LogP contribution in [0.4, 0.5) is 0 Å². The highest BCUT2D eigenvalue weighted by molar-refractivity contribution is 6.31. The lowest BCUT2D eigenvalue weighted by Gasteiger charge is -2.31. The van der Waals surface area contributed by atoms with Crippen molar-refractivity contribution in [2.45, 2.75) is 39.5 Å². The van der Waals surface area contributed by atoms with Crippen molar-refractivity contribution in [3.63, 3.8) is 0 Å². The smallest absolute Gasteiger partial charge is 0.224 e. The lowest BCUT2D eigenvalue weighted by molar-refractivity contribution is -0.121. The number of aliphatic hydroxyl groups is 1. The van der Waals surface area contributed by atoms with Gasteiger partial charge in [-0.25, -0.2) is 0 Å². The number of H-pyrrole nitrogens is 1. The predicted octanol–water partition coefficient (Wildman–Crippen LogP) is 3.67. The molecule has 0 bridgehead atoms. The minimum atomic E-state index is -0.0199. The minimum Gasteiger partial charge on any atom is -0.396 e. The number of nitrogens with one attached hydrogen (secondary N) is 2. The standard InChI is InChI=1S/C18H25ClN2O2/c1-3-18(4-2,7-8-22)12-21-17(23)9-13-11-20-16-6-5-14(19)10-15(13)16/h5-6,10-11,20,22H,3-4,7-9,12H2,1-2H3,(H,21,23). The minimum absolute atomic E-state index is 0.00455. The Bertz CT molecular complexity index is 662. The van der Waals surface area contributed by atoms with Crippen LogP contribution in [-0.2, 0) is 11.2 Å². The van der Waals surface area contributed by atoms with E-state index in [1.165, 1.54) is 0 Å². The highest BCUT2D eigenvalue weighted by Crippen LogP contribution is 2.29. The van der Waals surface area contributed by atoms with Gasteiger partial charge in [0, 0.05) is 35.3 Å². The van der Waals surface area contributed by atoms with Gasteiger partial charge in [0.1, 0.15) is 0 Å². The molecule has 5 heteroatoms. The molecule has 23 heavy (non-hydrogen) atoms. The van der Waals surface area contributed by atoms with Gasteiger partial charge in [-0.2, -0.15) is 0 Å². The molecule has 0 saturated heterocycles. The van der Waals surface area contributed by atoms with Crippen LogP contribution < -0.4 is 5.32 Å². The molecule has 4 nitrogen and oxygen atoms in total. The number of hydrogen-bond acceptors (Lipinski definition) is 2. The van der Waals surface area contributed by atoms with Crippen molar-refractivity contribution in [3.05, 3.63) is 35.0 Å². The Balaban J connectivity index is 2.02. The number of carbonyl (C=O) groups is 1. The van der Waals surface area contributed by atoms with E-state index in [-0.39, 0.29) is 17.9 Å². The summed E-state index contributed by atoms with van der Waals surface area (Å²) in [4.78, 5) is 15.5. The van der Waals surface area contributed by atoms with E-state index in [1.807, 2.05) is 24.4 Å². The quantitative estimate of drug-likeness (QED) is 0.688. The first-order chi connectivity index (χ1) is 11.0. The molecule has 0 fully saturated rings. The van der Waals surface area contributed by atoms with Gasteiger partial charge in [-0.1, -0.05) is 25.4 Å². The first-order valence-electron chi connectivity index (χ1n) is 8.16. The molecule has 0 radical (unpaired) electrons. The van der Waals surface area contributed by atoms with E-state index >= 15 is 0 Å². The van der Waals surface area contributed by atoms with Gasteiger partial charge in [0.25, 0.3) is 0 Å². The summed E-state index contributed by atoms with van der Waals surface area (Å²) in [6.45, 7) is 4.96. The second kappa shape index (κ2) is 7.84. The fourth-order valence-corrected chi connectivity index (χ4v) is 3.17. The summed E-state index contributed by atoms with van der Waals surface area (Å²) in [5.74, 6) is -0.00455. The average molecular weight is 337 g/mol. The third kappa shape index (κ3) is 4.27. The number of benzene rings is 1. The topological polar surface area (TPSA) is 65.1 Å². The zero-order chi connectivity index (χ0) is 16.9. The number of amides is 1. The molecular formula is C18H25ClN2O2. The molecule has 1 aromatic heterocycles. The van der Waals surface area contributed by atoms with Crippen LogP contribution >= 0.6 is 11.6 Å². The van der Waals surface area contributed by atoms with Gasteiger partial charge < -0.3 is 15.4 Å². The Morgan fingerprint density at radius 1 is 1.35 bits per heavy atom.